The second kappa shape index (κ2) is 9.41. The third-order valence-electron chi connectivity index (χ3n) is 7.13. The molecule has 5 rings (SSSR count). The van der Waals surface area contributed by atoms with Crippen LogP contribution in [-0.4, -0.2) is 47.7 Å². The van der Waals surface area contributed by atoms with Crippen LogP contribution >= 0.6 is 0 Å². The average molecular weight is 544 g/mol. The van der Waals surface area contributed by atoms with Crippen molar-refractivity contribution in [1.82, 2.24) is 9.88 Å². The summed E-state index contributed by atoms with van der Waals surface area (Å²) in [5.41, 5.74) is 1.96. The van der Waals surface area contributed by atoms with Crippen molar-refractivity contribution in [3.63, 3.8) is 0 Å². The molecule has 2 heterocycles. The quantitative estimate of drug-likeness (QED) is 0.400. The molecule has 11 heteroatoms. The molecule has 1 saturated carbocycles. The fourth-order valence-electron chi connectivity index (χ4n) is 4.98. The first-order valence-corrected chi connectivity index (χ1v) is 12.7. The number of aliphatic hydroxyl groups is 1. The lowest BCUT2D eigenvalue weighted by molar-refractivity contribution is -0.286. The van der Waals surface area contributed by atoms with Crippen LogP contribution in [0.2, 0.25) is 0 Å². The number of anilines is 1. The number of hydrogen-bond acceptors (Lipinski definition) is 6. The normalized spacial score (nSPS) is 17.5. The molecule has 1 aromatic heterocycles. The molecular formula is C28H31F2N3O6. The topological polar surface area (TPSA) is 111 Å². The van der Waals surface area contributed by atoms with Crippen LogP contribution in [0.3, 0.4) is 0 Å². The fourth-order valence-corrected chi connectivity index (χ4v) is 4.98. The number of rotatable bonds is 7. The second-order valence-electron chi connectivity index (χ2n) is 11.1. The summed E-state index contributed by atoms with van der Waals surface area (Å²) in [7, 11) is 1.26. The van der Waals surface area contributed by atoms with E-state index in [2.05, 4.69) is 45.6 Å². The molecule has 2 aliphatic rings. The number of hydrogen-bond donors (Lipinski definition) is 3. The van der Waals surface area contributed by atoms with Gasteiger partial charge in [-0.25, -0.2) is 4.79 Å². The Labute approximate surface area is 224 Å². The van der Waals surface area contributed by atoms with Gasteiger partial charge in [0.15, 0.2) is 11.5 Å². The molecule has 0 spiro atoms. The summed E-state index contributed by atoms with van der Waals surface area (Å²) in [5, 5.41) is 16.9. The van der Waals surface area contributed by atoms with E-state index in [0.29, 0.717) is 24.1 Å². The van der Waals surface area contributed by atoms with Gasteiger partial charge in [0.05, 0.1) is 25.2 Å². The van der Waals surface area contributed by atoms with E-state index in [1.807, 2.05) is 22.8 Å². The number of methoxy groups -OCH3 is 1. The minimum absolute atomic E-state index is 0.0314. The van der Waals surface area contributed by atoms with Gasteiger partial charge in [-0.05, 0) is 54.8 Å². The number of carbonyl (C=O) groups excluding carboxylic acids is 2. The Morgan fingerprint density at radius 1 is 1.10 bits per heavy atom. The van der Waals surface area contributed by atoms with Gasteiger partial charge < -0.3 is 34.5 Å². The predicted octanol–water partition coefficient (Wildman–Crippen LogP) is 4.65. The molecule has 0 saturated heterocycles. The summed E-state index contributed by atoms with van der Waals surface area (Å²) < 4.78 is 42.5. The van der Waals surface area contributed by atoms with Gasteiger partial charge in [0.25, 0.3) is 0 Å². The number of nitrogens with zero attached hydrogens (tertiary/aromatic N) is 1. The molecule has 3 N–H and O–H groups in total. The lowest BCUT2D eigenvalue weighted by atomic mass is 9.92. The maximum absolute atomic E-state index is 13.5. The summed E-state index contributed by atoms with van der Waals surface area (Å²) in [4.78, 5) is 24.8. The first-order valence-electron chi connectivity index (χ1n) is 12.7. The third kappa shape index (κ3) is 5.23. The van der Waals surface area contributed by atoms with E-state index in [1.165, 1.54) is 19.2 Å². The number of fused-ring (bicyclic) bond motifs is 2. The molecule has 1 unspecified atom stereocenters. The summed E-state index contributed by atoms with van der Waals surface area (Å²) >= 11 is 0. The second-order valence-corrected chi connectivity index (χ2v) is 11.1. The number of alkyl halides is 2. The van der Waals surface area contributed by atoms with Crippen molar-refractivity contribution < 1.29 is 37.7 Å². The van der Waals surface area contributed by atoms with Crippen LogP contribution in [0.15, 0.2) is 42.5 Å². The molecule has 2 amide bonds. The zero-order valence-electron chi connectivity index (χ0n) is 22.1. The van der Waals surface area contributed by atoms with Crippen molar-refractivity contribution in [2.75, 3.05) is 19.0 Å². The highest BCUT2D eigenvalue weighted by Gasteiger charge is 2.52. The van der Waals surface area contributed by atoms with E-state index >= 15 is 0 Å². The van der Waals surface area contributed by atoms with Crippen molar-refractivity contribution in [1.29, 1.82) is 0 Å². The first-order chi connectivity index (χ1) is 18.3. The van der Waals surface area contributed by atoms with Crippen LogP contribution in [0.1, 0.15) is 44.9 Å². The maximum atomic E-state index is 13.5. The Hall–Kier alpha value is -3.86. The number of alkyl carbamates (subject to hydrolysis) is 1. The maximum Gasteiger partial charge on any atom is 0.586 e. The molecule has 3 aromatic rings. The van der Waals surface area contributed by atoms with Crippen molar-refractivity contribution in [2.24, 2.45) is 0 Å². The molecule has 1 fully saturated rings. The number of amides is 2. The smallest absolute Gasteiger partial charge is 0.453 e. The molecule has 1 aliphatic heterocycles. The van der Waals surface area contributed by atoms with E-state index < -0.39 is 23.9 Å². The standard InChI is InChI=1S/C28H31F2N3O6/c1-26(2,3)23-12-16-11-18(6-7-20(16)33(23)15-19(34)14-31-25(36)37-4)32-24(35)27(9-10-27)17-5-8-21-22(13-17)39-28(29,30)38-21/h5-8,11-13,19,34H,9-10,14-15H2,1-4H3,(H,31,36)(H,32,35). The van der Waals surface area contributed by atoms with Crippen molar-refractivity contribution in [3.8, 4) is 11.5 Å². The zero-order valence-corrected chi connectivity index (χ0v) is 22.1. The summed E-state index contributed by atoms with van der Waals surface area (Å²) in [6.45, 7) is 6.48. The van der Waals surface area contributed by atoms with E-state index in [-0.39, 0.29) is 35.9 Å². The molecule has 208 valence electrons. The number of aromatic nitrogens is 1. The van der Waals surface area contributed by atoms with Crippen molar-refractivity contribution in [2.45, 2.75) is 63.4 Å². The summed E-state index contributed by atoms with van der Waals surface area (Å²) in [6, 6.07) is 12.0. The minimum atomic E-state index is -3.72. The molecule has 0 bridgehead atoms. The number of nitrogens with one attached hydrogen (secondary N) is 2. The SMILES string of the molecule is COC(=O)NCC(O)Cn1c(C(C)(C)C)cc2cc(NC(=O)C3(c4ccc5c(c4)OC(F)(F)O5)CC3)ccc21. The Morgan fingerprint density at radius 2 is 1.82 bits per heavy atom. The lowest BCUT2D eigenvalue weighted by Crippen LogP contribution is -2.35. The summed E-state index contributed by atoms with van der Waals surface area (Å²) in [6.07, 6.45) is -4.02. The molecule has 9 nitrogen and oxygen atoms in total. The van der Waals surface area contributed by atoms with E-state index in [1.54, 1.807) is 12.1 Å². The van der Waals surface area contributed by atoms with E-state index in [0.717, 1.165) is 16.6 Å². The van der Waals surface area contributed by atoms with Crippen LogP contribution < -0.4 is 20.1 Å². The first kappa shape index (κ1) is 26.7. The molecule has 0 radical (unpaired) electrons. The van der Waals surface area contributed by atoms with Gasteiger partial charge in [0.1, 0.15) is 0 Å². The largest absolute Gasteiger partial charge is 0.586 e. The number of halogens is 2. The molecule has 39 heavy (non-hydrogen) atoms. The molecule has 1 aliphatic carbocycles. The van der Waals surface area contributed by atoms with Gasteiger partial charge >= 0.3 is 12.4 Å². The Bertz CT molecular complexity index is 1440. The van der Waals surface area contributed by atoms with Crippen LogP contribution in [0, 0.1) is 0 Å². The number of ether oxygens (including phenoxy) is 3. The number of benzene rings is 2. The van der Waals surface area contributed by atoms with Crippen molar-refractivity contribution >= 4 is 28.6 Å². The van der Waals surface area contributed by atoms with Gasteiger partial charge in [0.2, 0.25) is 5.91 Å². The minimum Gasteiger partial charge on any atom is -0.453 e. The summed E-state index contributed by atoms with van der Waals surface area (Å²) in [5.74, 6) is -0.374. The van der Waals surface area contributed by atoms with E-state index in [9.17, 15) is 23.5 Å². The van der Waals surface area contributed by atoms with Crippen LogP contribution in [0.5, 0.6) is 11.5 Å². The van der Waals surface area contributed by atoms with Crippen molar-refractivity contribution in [3.05, 3.63) is 53.7 Å². The lowest BCUT2D eigenvalue weighted by Gasteiger charge is -2.24. The van der Waals surface area contributed by atoms with Crippen LogP contribution in [0.4, 0.5) is 19.3 Å². The highest BCUT2D eigenvalue weighted by Crippen LogP contribution is 2.52. The number of carbonyl (C=O) groups is 2. The van der Waals surface area contributed by atoms with Crippen LogP contribution in [0.25, 0.3) is 10.9 Å². The highest BCUT2D eigenvalue weighted by molar-refractivity contribution is 6.02. The van der Waals surface area contributed by atoms with Gasteiger partial charge in [-0.3, -0.25) is 4.79 Å². The Balaban J connectivity index is 1.37. The van der Waals surface area contributed by atoms with Gasteiger partial charge in [-0.2, -0.15) is 0 Å². The van der Waals surface area contributed by atoms with Crippen LogP contribution in [-0.2, 0) is 26.9 Å². The Morgan fingerprint density at radius 3 is 2.49 bits per heavy atom. The van der Waals surface area contributed by atoms with Gasteiger partial charge in [-0.15, -0.1) is 8.78 Å². The fraction of sp³-hybridized carbons (Fsp3) is 0.429. The van der Waals surface area contributed by atoms with Gasteiger partial charge in [-0.1, -0.05) is 26.8 Å². The molecule has 1 atom stereocenters. The highest BCUT2D eigenvalue weighted by atomic mass is 19.3. The average Bonchev–Trinajstić information content (AvgIpc) is 3.51. The van der Waals surface area contributed by atoms with E-state index in [4.69, 9.17) is 0 Å². The predicted molar refractivity (Wildman–Crippen MR) is 139 cm³/mol. The molecular weight excluding hydrogens is 512 g/mol. The zero-order chi connectivity index (χ0) is 28.2. The number of aliphatic hydroxyl groups excluding tert-OH is 1. The Kier molecular flexibility index (Phi) is 6.45. The van der Waals surface area contributed by atoms with Gasteiger partial charge in [0, 0.05) is 34.2 Å². The molecule has 2 aromatic carbocycles. The third-order valence-corrected chi connectivity index (χ3v) is 7.13. The monoisotopic (exact) mass is 543 g/mol.